The summed E-state index contributed by atoms with van der Waals surface area (Å²) in [4.78, 5) is 23.5. The van der Waals surface area contributed by atoms with E-state index in [1.165, 1.54) is 4.68 Å². The van der Waals surface area contributed by atoms with E-state index in [9.17, 15) is 4.79 Å². The molecule has 2 aromatic heterocycles. The largest absolute Gasteiger partial charge is 0.490 e. The molecule has 4 rings (SSSR count). The van der Waals surface area contributed by atoms with E-state index in [1.807, 2.05) is 62.6 Å². The minimum absolute atomic E-state index is 0.156. The molecule has 0 saturated carbocycles. The lowest BCUT2D eigenvalue weighted by Gasteiger charge is -2.10. The van der Waals surface area contributed by atoms with Crippen molar-refractivity contribution >= 4 is 15.9 Å². The smallest absolute Gasteiger partial charge is 0.267 e. The Bertz CT molecular complexity index is 1310. The van der Waals surface area contributed by atoms with Crippen LogP contribution < -0.4 is 10.3 Å². The standard InChI is InChI=1S/C26H26BrN5O2/c1-31(2)12-5-13-34-23-16-28-26(29-17-23)21-8-3-6-19(14-21)18-32-25(33)11-10-24(30-32)20-7-4-9-22(27)15-20/h3-4,6-11,14-17H,5,12-13,18H2,1-2H3. The third-order valence-electron chi connectivity index (χ3n) is 5.15. The van der Waals surface area contributed by atoms with Crippen LogP contribution in [0.2, 0.25) is 0 Å². The van der Waals surface area contributed by atoms with Gasteiger partial charge in [0.1, 0.15) is 0 Å². The van der Waals surface area contributed by atoms with Gasteiger partial charge in [0.15, 0.2) is 11.6 Å². The van der Waals surface area contributed by atoms with Crippen molar-refractivity contribution in [2.45, 2.75) is 13.0 Å². The molecule has 0 N–H and O–H groups in total. The van der Waals surface area contributed by atoms with Crippen LogP contribution >= 0.6 is 15.9 Å². The zero-order valence-corrected chi connectivity index (χ0v) is 20.8. The van der Waals surface area contributed by atoms with Crippen molar-refractivity contribution < 1.29 is 4.74 Å². The third kappa shape index (κ3) is 6.36. The van der Waals surface area contributed by atoms with Crippen LogP contribution in [0, 0.1) is 0 Å². The molecule has 0 aliphatic carbocycles. The summed E-state index contributed by atoms with van der Waals surface area (Å²) in [5.41, 5.74) is 3.32. The summed E-state index contributed by atoms with van der Waals surface area (Å²) in [5.74, 6) is 1.25. The molecule has 0 bridgehead atoms. The van der Waals surface area contributed by atoms with Gasteiger partial charge in [-0.25, -0.2) is 14.6 Å². The van der Waals surface area contributed by atoms with Crippen molar-refractivity contribution in [3.05, 3.63) is 93.4 Å². The minimum atomic E-state index is -0.156. The third-order valence-corrected chi connectivity index (χ3v) is 5.64. The fourth-order valence-corrected chi connectivity index (χ4v) is 3.86. The molecule has 0 radical (unpaired) electrons. The molecule has 174 valence electrons. The number of rotatable bonds is 9. The van der Waals surface area contributed by atoms with Crippen LogP contribution in [0.4, 0.5) is 0 Å². The summed E-state index contributed by atoms with van der Waals surface area (Å²) in [6, 6.07) is 19.0. The minimum Gasteiger partial charge on any atom is -0.490 e. The lowest BCUT2D eigenvalue weighted by atomic mass is 10.1. The van der Waals surface area contributed by atoms with Crippen molar-refractivity contribution in [3.8, 4) is 28.4 Å². The molecule has 0 unspecified atom stereocenters. The Labute approximate surface area is 207 Å². The first-order valence-electron chi connectivity index (χ1n) is 11.0. The predicted octanol–water partition coefficient (Wildman–Crippen LogP) is 4.51. The maximum Gasteiger partial charge on any atom is 0.267 e. The first-order valence-corrected chi connectivity index (χ1v) is 11.8. The Morgan fingerprint density at radius 2 is 1.74 bits per heavy atom. The summed E-state index contributed by atoms with van der Waals surface area (Å²) in [7, 11) is 4.08. The van der Waals surface area contributed by atoms with Crippen molar-refractivity contribution in [2.75, 3.05) is 27.2 Å². The van der Waals surface area contributed by atoms with E-state index in [0.29, 0.717) is 24.7 Å². The molecule has 8 heteroatoms. The molecule has 2 aromatic carbocycles. The molecule has 0 aliphatic rings. The molecule has 0 fully saturated rings. The van der Waals surface area contributed by atoms with Crippen LogP contribution in [0.5, 0.6) is 5.75 Å². The molecular formula is C26H26BrN5O2. The molecule has 4 aromatic rings. The second-order valence-corrected chi connectivity index (χ2v) is 9.09. The van der Waals surface area contributed by atoms with E-state index in [-0.39, 0.29) is 5.56 Å². The quantitative estimate of drug-likeness (QED) is 0.303. The highest BCUT2D eigenvalue weighted by atomic mass is 79.9. The monoisotopic (exact) mass is 519 g/mol. The van der Waals surface area contributed by atoms with Crippen LogP contribution in [0.1, 0.15) is 12.0 Å². The highest BCUT2D eigenvalue weighted by Crippen LogP contribution is 2.21. The zero-order chi connectivity index (χ0) is 23.9. The van der Waals surface area contributed by atoms with Gasteiger partial charge in [0.25, 0.3) is 5.56 Å². The summed E-state index contributed by atoms with van der Waals surface area (Å²) < 4.78 is 8.15. The van der Waals surface area contributed by atoms with E-state index in [2.05, 4.69) is 35.9 Å². The lowest BCUT2D eigenvalue weighted by Crippen LogP contribution is -2.22. The van der Waals surface area contributed by atoms with Gasteiger partial charge in [-0.3, -0.25) is 4.79 Å². The van der Waals surface area contributed by atoms with Crippen LogP contribution in [-0.2, 0) is 6.54 Å². The van der Waals surface area contributed by atoms with E-state index < -0.39 is 0 Å². The molecule has 7 nitrogen and oxygen atoms in total. The van der Waals surface area contributed by atoms with Crippen molar-refractivity contribution in [1.82, 2.24) is 24.6 Å². The van der Waals surface area contributed by atoms with Crippen molar-refractivity contribution in [2.24, 2.45) is 0 Å². The highest BCUT2D eigenvalue weighted by molar-refractivity contribution is 9.10. The lowest BCUT2D eigenvalue weighted by molar-refractivity contribution is 0.280. The van der Waals surface area contributed by atoms with E-state index in [4.69, 9.17) is 4.74 Å². The fraction of sp³-hybridized carbons (Fsp3) is 0.231. The number of halogens is 1. The molecular weight excluding hydrogens is 494 g/mol. The first kappa shape index (κ1) is 23.8. The first-order chi connectivity index (χ1) is 16.5. The van der Waals surface area contributed by atoms with Crippen LogP contribution in [0.15, 0.2) is 82.3 Å². The number of benzene rings is 2. The Morgan fingerprint density at radius 1 is 0.971 bits per heavy atom. The van der Waals surface area contributed by atoms with Crippen LogP contribution in [0.25, 0.3) is 22.6 Å². The predicted molar refractivity (Wildman–Crippen MR) is 137 cm³/mol. The molecule has 34 heavy (non-hydrogen) atoms. The fourth-order valence-electron chi connectivity index (χ4n) is 3.46. The number of hydrogen-bond donors (Lipinski definition) is 0. The van der Waals surface area contributed by atoms with Gasteiger partial charge in [-0.1, -0.05) is 46.3 Å². The van der Waals surface area contributed by atoms with Gasteiger partial charge in [0, 0.05) is 28.2 Å². The number of aromatic nitrogens is 4. The molecule has 0 aliphatic heterocycles. The maximum absolute atomic E-state index is 12.5. The van der Waals surface area contributed by atoms with Gasteiger partial charge >= 0.3 is 0 Å². The average Bonchev–Trinajstić information content (AvgIpc) is 2.84. The zero-order valence-electron chi connectivity index (χ0n) is 19.2. The normalized spacial score (nSPS) is 11.1. The Morgan fingerprint density at radius 3 is 2.50 bits per heavy atom. The molecule has 2 heterocycles. The maximum atomic E-state index is 12.5. The second kappa shape index (κ2) is 11.2. The number of ether oxygens (including phenoxy) is 1. The molecule has 0 atom stereocenters. The Kier molecular flexibility index (Phi) is 7.82. The van der Waals surface area contributed by atoms with Crippen molar-refractivity contribution in [3.63, 3.8) is 0 Å². The molecule has 0 spiro atoms. The second-order valence-electron chi connectivity index (χ2n) is 8.17. The van der Waals surface area contributed by atoms with Gasteiger partial charge in [-0.15, -0.1) is 0 Å². The highest BCUT2D eigenvalue weighted by Gasteiger charge is 2.08. The SMILES string of the molecule is CN(C)CCCOc1cnc(-c2cccc(Cn3nc(-c4cccc(Br)c4)ccc3=O)c2)nc1. The van der Waals surface area contributed by atoms with Gasteiger partial charge < -0.3 is 9.64 Å². The van der Waals surface area contributed by atoms with Crippen LogP contribution in [-0.4, -0.2) is 51.9 Å². The van der Waals surface area contributed by atoms with Crippen LogP contribution in [0.3, 0.4) is 0 Å². The summed E-state index contributed by atoms with van der Waals surface area (Å²) in [5, 5.41) is 4.57. The summed E-state index contributed by atoms with van der Waals surface area (Å²) in [6.07, 6.45) is 4.32. The van der Waals surface area contributed by atoms with Gasteiger partial charge in [0.05, 0.1) is 31.2 Å². The van der Waals surface area contributed by atoms with Gasteiger partial charge in [0.2, 0.25) is 0 Å². The summed E-state index contributed by atoms with van der Waals surface area (Å²) in [6.45, 7) is 1.94. The number of hydrogen-bond acceptors (Lipinski definition) is 6. The Hall–Kier alpha value is -3.36. The molecule has 0 amide bonds. The topological polar surface area (TPSA) is 73.1 Å². The number of nitrogens with zero attached hydrogens (tertiary/aromatic N) is 5. The van der Waals surface area contributed by atoms with Gasteiger partial charge in [-0.05, 0) is 50.3 Å². The Balaban J connectivity index is 1.48. The van der Waals surface area contributed by atoms with Gasteiger partial charge in [-0.2, -0.15) is 5.10 Å². The average molecular weight is 520 g/mol. The summed E-state index contributed by atoms with van der Waals surface area (Å²) >= 11 is 3.48. The van der Waals surface area contributed by atoms with E-state index in [1.54, 1.807) is 24.5 Å². The van der Waals surface area contributed by atoms with E-state index >= 15 is 0 Å². The molecule has 0 saturated heterocycles. The van der Waals surface area contributed by atoms with E-state index in [0.717, 1.165) is 39.8 Å². The van der Waals surface area contributed by atoms with Crippen molar-refractivity contribution in [1.29, 1.82) is 0 Å².